The molecule has 0 atom stereocenters. The van der Waals surface area contributed by atoms with Crippen LogP contribution in [0, 0.1) is 13.8 Å². The minimum Gasteiger partial charge on any atom is -0.390 e. The van der Waals surface area contributed by atoms with Gasteiger partial charge in [-0.05, 0) is 26.0 Å². The number of benzene rings is 1. The van der Waals surface area contributed by atoms with Crippen LogP contribution in [0.5, 0.6) is 0 Å². The number of carbonyl (C=O) groups excluding carboxylic acids is 1. The third-order valence-electron chi connectivity index (χ3n) is 3.43. The highest BCUT2D eigenvalue weighted by atomic mass is 16.3. The van der Waals surface area contributed by atoms with Gasteiger partial charge >= 0.3 is 0 Å². The zero-order valence-electron chi connectivity index (χ0n) is 13.5. The first-order valence-corrected chi connectivity index (χ1v) is 7.48. The van der Waals surface area contributed by atoms with Crippen molar-refractivity contribution in [2.45, 2.75) is 27.0 Å². The first-order chi connectivity index (χ1) is 11.5. The van der Waals surface area contributed by atoms with Gasteiger partial charge in [0, 0.05) is 6.07 Å². The number of nitrogens with zero attached hydrogens (tertiary/aromatic N) is 5. The molecule has 0 aliphatic heterocycles. The zero-order chi connectivity index (χ0) is 17.1. The number of hydrogen-bond acceptors (Lipinski definition) is 5. The molecule has 1 amide bonds. The van der Waals surface area contributed by atoms with Crippen molar-refractivity contribution in [1.29, 1.82) is 0 Å². The molecule has 0 radical (unpaired) electrons. The van der Waals surface area contributed by atoms with Crippen LogP contribution in [-0.4, -0.2) is 35.8 Å². The first kappa shape index (κ1) is 15.9. The Balaban J connectivity index is 1.77. The van der Waals surface area contributed by atoms with Crippen molar-refractivity contribution < 1.29 is 9.90 Å². The summed E-state index contributed by atoms with van der Waals surface area (Å²) in [7, 11) is 0. The number of aliphatic hydroxyl groups excluding tert-OH is 1. The van der Waals surface area contributed by atoms with Gasteiger partial charge in [-0.25, -0.2) is 9.36 Å². The van der Waals surface area contributed by atoms with Crippen molar-refractivity contribution in [1.82, 2.24) is 24.8 Å². The smallest absolute Gasteiger partial charge is 0.247 e. The van der Waals surface area contributed by atoms with Crippen LogP contribution in [0.25, 0.3) is 5.69 Å². The highest BCUT2D eigenvalue weighted by Crippen LogP contribution is 2.17. The van der Waals surface area contributed by atoms with Gasteiger partial charge in [-0.2, -0.15) is 5.10 Å². The van der Waals surface area contributed by atoms with Gasteiger partial charge in [-0.3, -0.25) is 4.79 Å². The minimum absolute atomic E-state index is 0.00508. The molecule has 8 nitrogen and oxygen atoms in total. The third kappa shape index (κ3) is 3.49. The maximum Gasteiger partial charge on any atom is 0.247 e. The molecule has 124 valence electrons. The fourth-order valence-corrected chi connectivity index (χ4v) is 2.29. The van der Waals surface area contributed by atoms with E-state index >= 15 is 0 Å². The van der Waals surface area contributed by atoms with Crippen LogP contribution in [-0.2, 0) is 17.9 Å². The molecule has 0 spiro atoms. The molecular formula is C16H18N6O2. The van der Waals surface area contributed by atoms with E-state index in [9.17, 15) is 4.79 Å². The maximum atomic E-state index is 12.2. The number of hydrogen-bond donors (Lipinski definition) is 2. The van der Waals surface area contributed by atoms with Crippen LogP contribution in [0.4, 0.5) is 5.82 Å². The Labute approximate surface area is 138 Å². The summed E-state index contributed by atoms with van der Waals surface area (Å²) in [6, 6.07) is 9.68. The molecule has 2 heterocycles. The largest absolute Gasteiger partial charge is 0.390 e. The lowest BCUT2D eigenvalue weighted by Gasteiger charge is -2.09. The van der Waals surface area contributed by atoms with Crippen LogP contribution < -0.4 is 5.32 Å². The lowest BCUT2D eigenvalue weighted by Crippen LogP contribution is -2.21. The molecular weight excluding hydrogens is 308 g/mol. The van der Waals surface area contributed by atoms with Crippen molar-refractivity contribution in [3.8, 4) is 5.69 Å². The Kier molecular flexibility index (Phi) is 4.39. The fourth-order valence-electron chi connectivity index (χ4n) is 2.29. The van der Waals surface area contributed by atoms with E-state index in [0.29, 0.717) is 11.5 Å². The van der Waals surface area contributed by atoms with Gasteiger partial charge in [-0.15, -0.1) is 5.10 Å². The Morgan fingerprint density at radius 1 is 1.25 bits per heavy atom. The summed E-state index contributed by atoms with van der Waals surface area (Å²) in [4.78, 5) is 12.2. The Hall–Kier alpha value is -3.00. The van der Waals surface area contributed by atoms with Gasteiger partial charge in [0.15, 0.2) is 0 Å². The molecule has 0 fully saturated rings. The van der Waals surface area contributed by atoms with Gasteiger partial charge in [0.2, 0.25) is 5.91 Å². The Morgan fingerprint density at radius 2 is 2.00 bits per heavy atom. The second-order valence-electron chi connectivity index (χ2n) is 5.53. The van der Waals surface area contributed by atoms with Crippen molar-refractivity contribution in [3.63, 3.8) is 0 Å². The van der Waals surface area contributed by atoms with Crippen LogP contribution in [0.2, 0.25) is 0 Å². The summed E-state index contributed by atoms with van der Waals surface area (Å²) in [5, 5.41) is 23.8. The van der Waals surface area contributed by atoms with Gasteiger partial charge in [0.25, 0.3) is 0 Å². The topological polar surface area (TPSA) is 97.9 Å². The predicted molar refractivity (Wildman–Crippen MR) is 87.6 cm³/mol. The SMILES string of the molecule is Cc1ccc(-n2nc(C)cc2NC(=O)Cn2cc(CO)nn2)cc1. The van der Waals surface area contributed by atoms with Gasteiger partial charge < -0.3 is 10.4 Å². The van der Waals surface area contributed by atoms with E-state index < -0.39 is 0 Å². The van der Waals surface area contributed by atoms with E-state index in [4.69, 9.17) is 5.11 Å². The van der Waals surface area contributed by atoms with Crippen LogP contribution in [0.3, 0.4) is 0 Å². The average Bonchev–Trinajstić information content (AvgIpc) is 3.14. The van der Waals surface area contributed by atoms with Crippen molar-refractivity contribution in [2.24, 2.45) is 0 Å². The van der Waals surface area contributed by atoms with Gasteiger partial charge in [-0.1, -0.05) is 22.9 Å². The summed E-state index contributed by atoms with van der Waals surface area (Å²) < 4.78 is 3.06. The van der Waals surface area contributed by atoms with E-state index in [0.717, 1.165) is 16.9 Å². The Morgan fingerprint density at radius 3 is 2.67 bits per heavy atom. The highest BCUT2D eigenvalue weighted by Gasteiger charge is 2.12. The lowest BCUT2D eigenvalue weighted by molar-refractivity contribution is -0.117. The number of nitrogens with one attached hydrogen (secondary N) is 1. The number of anilines is 1. The van der Waals surface area contributed by atoms with Crippen LogP contribution in [0.15, 0.2) is 36.5 Å². The van der Waals surface area contributed by atoms with Crippen LogP contribution >= 0.6 is 0 Å². The number of aromatic nitrogens is 5. The van der Waals surface area contributed by atoms with Crippen molar-refractivity contribution >= 4 is 11.7 Å². The molecule has 3 aromatic rings. The summed E-state index contributed by atoms with van der Waals surface area (Å²) >= 11 is 0. The number of amides is 1. The predicted octanol–water partition coefficient (Wildman–Crippen LogP) is 1.21. The summed E-state index contributed by atoms with van der Waals surface area (Å²) in [6.45, 7) is 3.68. The van der Waals surface area contributed by atoms with E-state index in [-0.39, 0.29) is 19.1 Å². The van der Waals surface area contributed by atoms with E-state index in [1.54, 1.807) is 10.7 Å². The molecule has 0 bridgehead atoms. The lowest BCUT2D eigenvalue weighted by atomic mass is 10.2. The van der Waals surface area contributed by atoms with E-state index in [2.05, 4.69) is 20.7 Å². The summed E-state index contributed by atoms with van der Waals surface area (Å²) in [5.41, 5.74) is 3.24. The second-order valence-corrected chi connectivity index (χ2v) is 5.53. The molecule has 3 rings (SSSR count). The molecule has 0 aliphatic rings. The zero-order valence-corrected chi connectivity index (χ0v) is 13.5. The summed E-state index contributed by atoms with van der Waals surface area (Å²) in [5.74, 6) is 0.335. The number of carbonyl (C=O) groups is 1. The van der Waals surface area contributed by atoms with Crippen LogP contribution in [0.1, 0.15) is 17.0 Å². The number of aliphatic hydroxyl groups is 1. The number of rotatable bonds is 5. The maximum absolute atomic E-state index is 12.2. The normalized spacial score (nSPS) is 10.8. The minimum atomic E-state index is -0.252. The molecule has 0 unspecified atom stereocenters. The first-order valence-electron chi connectivity index (χ1n) is 7.48. The van der Waals surface area contributed by atoms with Gasteiger partial charge in [0.1, 0.15) is 18.1 Å². The quantitative estimate of drug-likeness (QED) is 0.734. The molecule has 0 saturated heterocycles. The average molecular weight is 326 g/mol. The molecule has 0 aliphatic carbocycles. The van der Waals surface area contributed by atoms with Crippen molar-refractivity contribution in [3.05, 3.63) is 53.5 Å². The Bertz CT molecular complexity index is 850. The number of aryl methyl sites for hydroxylation is 2. The van der Waals surface area contributed by atoms with E-state index in [1.807, 2.05) is 38.1 Å². The molecule has 0 saturated carbocycles. The second kappa shape index (κ2) is 6.63. The molecule has 8 heteroatoms. The molecule has 24 heavy (non-hydrogen) atoms. The molecule has 1 aromatic carbocycles. The summed E-state index contributed by atoms with van der Waals surface area (Å²) in [6.07, 6.45) is 1.53. The standard InChI is InChI=1S/C16H18N6O2/c1-11-3-5-14(6-4-11)22-15(7-12(2)19-22)17-16(24)9-21-8-13(10-23)18-20-21/h3-8,23H,9-10H2,1-2H3,(H,17,24). The highest BCUT2D eigenvalue weighted by molar-refractivity contribution is 5.90. The van der Waals surface area contributed by atoms with Crippen molar-refractivity contribution in [2.75, 3.05) is 5.32 Å². The third-order valence-corrected chi connectivity index (χ3v) is 3.43. The molecule has 2 N–H and O–H groups in total. The van der Waals surface area contributed by atoms with E-state index in [1.165, 1.54) is 10.9 Å². The fraction of sp³-hybridized carbons (Fsp3) is 0.250. The van der Waals surface area contributed by atoms with Gasteiger partial charge in [0.05, 0.1) is 24.2 Å². The molecule has 2 aromatic heterocycles. The monoisotopic (exact) mass is 326 g/mol.